The Morgan fingerprint density at radius 3 is 2.58 bits per heavy atom. The van der Waals surface area contributed by atoms with E-state index in [9.17, 15) is 9.59 Å². The van der Waals surface area contributed by atoms with Crippen molar-refractivity contribution in [1.82, 2.24) is 15.5 Å². The third-order valence-electron chi connectivity index (χ3n) is 4.48. The Morgan fingerprint density at radius 1 is 1.38 bits per heavy atom. The highest BCUT2D eigenvalue weighted by atomic mass is 16.5. The van der Waals surface area contributed by atoms with Crippen LogP contribution < -0.4 is 16.4 Å². The van der Waals surface area contributed by atoms with Crippen LogP contribution in [0.2, 0.25) is 0 Å². The van der Waals surface area contributed by atoms with Crippen molar-refractivity contribution in [1.29, 1.82) is 0 Å². The highest BCUT2D eigenvalue weighted by Crippen LogP contribution is 2.26. The number of amides is 2. The summed E-state index contributed by atoms with van der Waals surface area (Å²) in [6, 6.07) is -0.360. The molecule has 1 aliphatic rings. The second kappa shape index (κ2) is 9.76. The number of morpholine rings is 1. The van der Waals surface area contributed by atoms with E-state index in [0.717, 1.165) is 13.0 Å². The smallest absolute Gasteiger partial charge is 0.246 e. The van der Waals surface area contributed by atoms with Gasteiger partial charge >= 0.3 is 0 Å². The summed E-state index contributed by atoms with van der Waals surface area (Å²) >= 11 is 0. The average molecular weight is 340 g/mol. The molecule has 2 unspecified atom stereocenters. The van der Waals surface area contributed by atoms with Crippen LogP contribution in [0.4, 0.5) is 0 Å². The highest BCUT2D eigenvalue weighted by molar-refractivity contribution is 5.87. The second-order valence-corrected chi connectivity index (χ2v) is 6.68. The van der Waals surface area contributed by atoms with Gasteiger partial charge in [-0.05, 0) is 45.0 Å². The summed E-state index contributed by atoms with van der Waals surface area (Å²) in [5.74, 6) is -0.290. The molecule has 0 aromatic rings. The number of nitrogens with zero attached hydrogens (tertiary/aromatic N) is 1. The summed E-state index contributed by atoms with van der Waals surface area (Å²) in [6.07, 6.45) is 2.83. The zero-order valence-electron chi connectivity index (χ0n) is 15.1. The molecule has 0 aromatic heterocycles. The fraction of sp³-hybridized carbons (Fsp3) is 0.765. The molecule has 0 bridgehead atoms. The Kier molecular flexibility index (Phi) is 8.38. The van der Waals surface area contributed by atoms with Crippen LogP contribution in [0.3, 0.4) is 0 Å². The Hall–Kier alpha value is -1.44. The lowest BCUT2D eigenvalue weighted by Crippen LogP contribution is -2.56. The number of nitrogens with two attached hydrogens (primary N) is 1. The maximum absolute atomic E-state index is 11.9. The molecular formula is C17H32N4O3. The number of hydrogen-bond acceptors (Lipinski definition) is 5. The van der Waals surface area contributed by atoms with Crippen LogP contribution in [-0.4, -0.2) is 68.2 Å². The maximum Gasteiger partial charge on any atom is 0.246 e. The van der Waals surface area contributed by atoms with Gasteiger partial charge in [-0.3, -0.25) is 9.59 Å². The first-order chi connectivity index (χ1) is 11.3. The number of ether oxygens (including phenoxy) is 1. The molecule has 2 amide bonds. The van der Waals surface area contributed by atoms with Gasteiger partial charge in [0.1, 0.15) is 0 Å². The predicted molar refractivity (Wildman–Crippen MR) is 94.4 cm³/mol. The van der Waals surface area contributed by atoms with Crippen molar-refractivity contribution in [3.8, 4) is 0 Å². The molecular weight excluding hydrogens is 308 g/mol. The monoisotopic (exact) mass is 340 g/mol. The first kappa shape index (κ1) is 20.6. The van der Waals surface area contributed by atoms with Crippen LogP contribution in [0, 0.1) is 5.92 Å². The van der Waals surface area contributed by atoms with E-state index in [1.165, 1.54) is 6.08 Å². The first-order valence-corrected chi connectivity index (χ1v) is 8.58. The molecule has 0 spiro atoms. The van der Waals surface area contributed by atoms with Gasteiger partial charge in [-0.15, -0.1) is 0 Å². The van der Waals surface area contributed by atoms with Crippen molar-refractivity contribution in [2.45, 2.75) is 38.3 Å². The van der Waals surface area contributed by atoms with E-state index in [1.54, 1.807) is 4.90 Å². The minimum absolute atomic E-state index is 0.0720. The SMILES string of the molecule is C=CC(=O)N1CCOC(CCNC)(CCNC(C(N)=O)C(C)C)C1. The van der Waals surface area contributed by atoms with Crippen LogP contribution in [0.25, 0.3) is 0 Å². The van der Waals surface area contributed by atoms with Gasteiger partial charge < -0.3 is 26.0 Å². The predicted octanol–water partition coefficient (Wildman–Crippen LogP) is -0.131. The third kappa shape index (κ3) is 5.89. The molecule has 1 fully saturated rings. The van der Waals surface area contributed by atoms with E-state index in [-0.39, 0.29) is 23.8 Å². The summed E-state index contributed by atoms with van der Waals surface area (Å²) in [7, 11) is 1.89. The van der Waals surface area contributed by atoms with Gasteiger partial charge in [-0.1, -0.05) is 20.4 Å². The van der Waals surface area contributed by atoms with Crippen molar-refractivity contribution < 1.29 is 14.3 Å². The molecule has 0 saturated carbocycles. The molecule has 7 heteroatoms. The highest BCUT2D eigenvalue weighted by Gasteiger charge is 2.37. The zero-order valence-corrected chi connectivity index (χ0v) is 15.1. The lowest BCUT2D eigenvalue weighted by molar-refractivity contribution is -0.148. The van der Waals surface area contributed by atoms with Gasteiger partial charge in [0.15, 0.2) is 0 Å². The Balaban J connectivity index is 2.71. The van der Waals surface area contributed by atoms with E-state index >= 15 is 0 Å². The van der Waals surface area contributed by atoms with Crippen molar-refractivity contribution in [2.75, 3.05) is 39.8 Å². The van der Waals surface area contributed by atoms with E-state index in [1.807, 2.05) is 20.9 Å². The minimum Gasteiger partial charge on any atom is -0.371 e. The molecule has 1 rings (SSSR count). The quantitative estimate of drug-likeness (QED) is 0.481. The zero-order chi connectivity index (χ0) is 18.2. The lowest BCUT2D eigenvalue weighted by Gasteiger charge is -2.43. The summed E-state index contributed by atoms with van der Waals surface area (Å²) in [5.41, 5.74) is 5.02. The van der Waals surface area contributed by atoms with Crippen molar-refractivity contribution in [3.05, 3.63) is 12.7 Å². The van der Waals surface area contributed by atoms with E-state index < -0.39 is 5.60 Å². The van der Waals surface area contributed by atoms with Crippen LogP contribution in [-0.2, 0) is 14.3 Å². The third-order valence-corrected chi connectivity index (χ3v) is 4.48. The topological polar surface area (TPSA) is 96.7 Å². The Morgan fingerprint density at radius 2 is 2.04 bits per heavy atom. The van der Waals surface area contributed by atoms with Gasteiger partial charge in [0.05, 0.1) is 24.8 Å². The second-order valence-electron chi connectivity index (χ2n) is 6.68. The summed E-state index contributed by atoms with van der Waals surface area (Å²) in [5, 5.41) is 6.36. The molecule has 0 aliphatic carbocycles. The number of carbonyl (C=O) groups is 2. The number of carbonyl (C=O) groups excluding carboxylic acids is 2. The van der Waals surface area contributed by atoms with Gasteiger partial charge in [0, 0.05) is 6.54 Å². The largest absolute Gasteiger partial charge is 0.371 e. The van der Waals surface area contributed by atoms with E-state index in [0.29, 0.717) is 32.7 Å². The molecule has 4 N–H and O–H groups in total. The van der Waals surface area contributed by atoms with Gasteiger partial charge in [0.25, 0.3) is 0 Å². The van der Waals surface area contributed by atoms with Crippen LogP contribution in [0.5, 0.6) is 0 Å². The molecule has 7 nitrogen and oxygen atoms in total. The van der Waals surface area contributed by atoms with E-state index in [4.69, 9.17) is 10.5 Å². The van der Waals surface area contributed by atoms with Crippen molar-refractivity contribution in [2.24, 2.45) is 11.7 Å². The Bertz CT molecular complexity index is 442. The van der Waals surface area contributed by atoms with Gasteiger partial charge in [-0.2, -0.15) is 0 Å². The molecule has 1 heterocycles. The fourth-order valence-electron chi connectivity index (χ4n) is 3.06. The molecule has 0 aromatic carbocycles. The summed E-state index contributed by atoms with van der Waals surface area (Å²) in [4.78, 5) is 25.2. The number of nitrogens with one attached hydrogen (secondary N) is 2. The molecule has 1 saturated heterocycles. The lowest BCUT2D eigenvalue weighted by atomic mass is 9.92. The minimum atomic E-state index is -0.424. The van der Waals surface area contributed by atoms with Crippen LogP contribution in [0.15, 0.2) is 12.7 Å². The summed E-state index contributed by atoms with van der Waals surface area (Å²) < 4.78 is 6.07. The van der Waals surface area contributed by atoms with Crippen molar-refractivity contribution >= 4 is 11.8 Å². The van der Waals surface area contributed by atoms with Crippen LogP contribution in [0.1, 0.15) is 26.7 Å². The fourth-order valence-corrected chi connectivity index (χ4v) is 3.06. The van der Waals surface area contributed by atoms with E-state index in [2.05, 4.69) is 17.2 Å². The molecule has 2 atom stereocenters. The average Bonchev–Trinajstić information content (AvgIpc) is 2.55. The number of rotatable bonds is 10. The first-order valence-electron chi connectivity index (χ1n) is 8.58. The van der Waals surface area contributed by atoms with Gasteiger partial charge in [0.2, 0.25) is 11.8 Å². The number of primary amides is 1. The van der Waals surface area contributed by atoms with Gasteiger partial charge in [-0.25, -0.2) is 0 Å². The Labute approximate surface area is 145 Å². The molecule has 24 heavy (non-hydrogen) atoms. The standard InChI is InChI=1S/C17H32N4O3/c1-5-14(22)21-10-11-24-17(12-21,6-8-19-4)7-9-20-15(13(2)3)16(18)23/h5,13,15,19-20H,1,6-12H2,2-4H3,(H2,18,23). The molecule has 1 aliphatic heterocycles. The van der Waals surface area contributed by atoms with Crippen molar-refractivity contribution in [3.63, 3.8) is 0 Å². The molecule has 0 radical (unpaired) electrons. The summed E-state index contributed by atoms with van der Waals surface area (Å²) in [6.45, 7) is 10.5. The van der Waals surface area contributed by atoms with Crippen LogP contribution >= 0.6 is 0 Å². The molecule has 138 valence electrons. The normalized spacial score (nSPS) is 22.4. The maximum atomic E-state index is 11.9. The number of hydrogen-bond donors (Lipinski definition) is 3.